The molecule has 4 heterocycles. The lowest BCUT2D eigenvalue weighted by atomic mass is 10.2. The standard InChI is InChI=1S/C18H17FN2O3.C17H14ClFN2O2.CH4O/c1-23-11-13-10-21(9-12-3-5-14(19)6-4-12)17-8-20-16(7-15(13)17)18(22)24-2;1-23-17(22)15-6-14-12(7-18)10-21(16(14)8-20-15)9-11-2-4-13(19)5-3-11;1-2/h3-8,10H,9,11H2,1-2H3;2-6,8,10H,7,9H2,1H3;2H,1H3. The van der Waals surface area contributed by atoms with Crippen molar-refractivity contribution < 1.29 is 37.7 Å². The number of hydrogen-bond donors (Lipinski definition) is 1. The molecule has 0 saturated heterocycles. The summed E-state index contributed by atoms with van der Waals surface area (Å²) in [5, 5.41) is 8.74. The van der Waals surface area contributed by atoms with Crippen LogP contribution in [0.5, 0.6) is 0 Å². The highest BCUT2D eigenvalue weighted by Crippen LogP contribution is 2.26. The van der Waals surface area contributed by atoms with Crippen molar-refractivity contribution in [2.75, 3.05) is 28.4 Å². The molecule has 0 bridgehead atoms. The smallest absolute Gasteiger partial charge is 0.356 e. The first-order chi connectivity index (χ1) is 23.7. The van der Waals surface area contributed by atoms with Crippen LogP contribution in [0.1, 0.15) is 43.2 Å². The van der Waals surface area contributed by atoms with Crippen LogP contribution in [0.2, 0.25) is 0 Å². The maximum absolute atomic E-state index is 13.1. The molecule has 6 rings (SSSR count). The molecule has 0 fully saturated rings. The van der Waals surface area contributed by atoms with Crippen LogP contribution < -0.4 is 0 Å². The summed E-state index contributed by atoms with van der Waals surface area (Å²) >= 11 is 6.01. The van der Waals surface area contributed by atoms with E-state index in [2.05, 4.69) is 9.97 Å². The molecule has 2 aromatic carbocycles. The Kier molecular flexibility index (Phi) is 12.9. The van der Waals surface area contributed by atoms with Crippen LogP contribution in [-0.2, 0) is 39.8 Å². The fourth-order valence-corrected chi connectivity index (χ4v) is 5.38. The number of aromatic nitrogens is 4. The Morgan fingerprint density at radius 2 is 1.12 bits per heavy atom. The van der Waals surface area contributed by atoms with Gasteiger partial charge in [-0.15, -0.1) is 11.6 Å². The molecule has 4 aromatic heterocycles. The van der Waals surface area contributed by atoms with Gasteiger partial charge in [-0.25, -0.2) is 28.3 Å². The molecule has 1 N–H and O–H groups in total. The van der Waals surface area contributed by atoms with Crippen LogP contribution in [-0.4, -0.2) is 64.6 Å². The quantitative estimate of drug-likeness (QED) is 0.135. The minimum atomic E-state index is -0.487. The summed E-state index contributed by atoms with van der Waals surface area (Å²) in [6, 6.07) is 16.1. The van der Waals surface area contributed by atoms with Gasteiger partial charge in [-0.05, 0) is 53.1 Å². The first-order valence-corrected chi connectivity index (χ1v) is 15.4. The van der Waals surface area contributed by atoms with E-state index in [1.165, 1.54) is 38.5 Å². The third kappa shape index (κ3) is 8.85. The van der Waals surface area contributed by atoms with Gasteiger partial charge < -0.3 is 28.5 Å². The number of fused-ring (bicyclic) bond motifs is 2. The summed E-state index contributed by atoms with van der Waals surface area (Å²) in [7, 11) is 5.26. The van der Waals surface area contributed by atoms with Crippen LogP contribution in [0, 0.1) is 11.6 Å². The molecule has 0 spiro atoms. The van der Waals surface area contributed by atoms with Crippen molar-refractivity contribution in [2.45, 2.75) is 25.6 Å². The summed E-state index contributed by atoms with van der Waals surface area (Å²) in [5.74, 6) is -1.18. The molecule has 0 radical (unpaired) electrons. The molecule has 0 aliphatic carbocycles. The number of benzene rings is 2. The number of aliphatic hydroxyl groups excluding tert-OH is 1. The molecule has 13 heteroatoms. The number of pyridine rings is 2. The molecule has 0 unspecified atom stereocenters. The average molecular weight is 693 g/mol. The zero-order valence-corrected chi connectivity index (χ0v) is 28.1. The third-order valence-electron chi connectivity index (χ3n) is 7.47. The highest BCUT2D eigenvalue weighted by Gasteiger charge is 2.15. The Morgan fingerprint density at radius 1 is 0.714 bits per heavy atom. The minimum absolute atomic E-state index is 0.242. The van der Waals surface area contributed by atoms with E-state index in [9.17, 15) is 18.4 Å². The number of carbonyl (C=O) groups excluding carboxylic acids is 2. The van der Waals surface area contributed by atoms with E-state index in [-0.39, 0.29) is 23.0 Å². The normalized spacial score (nSPS) is 10.6. The van der Waals surface area contributed by atoms with Gasteiger partial charge in [0.2, 0.25) is 0 Å². The second-order valence-corrected chi connectivity index (χ2v) is 10.8. The fourth-order valence-electron chi connectivity index (χ4n) is 5.17. The number of alkyl halides is 1. The van der Waals surface area contributed by atoms with Gasteiger partial charge in [0.25, 0.3) is 0 Å². The lowest BCUT2D eigenvalue weighted by molar-refractivity contribution is 0.0585. The van der Waals surface area contributed by atoms with E-state index < -0.39 is 11.9 Å². The number of nitrogens with zero attached hydrogens (tertiary/aromatic N) is 4. The zero-order valence-electron chi connectivity index (χ0n) is 27.3. The van der Waals surface area contributed by atoms with E-state index in [0.717, 1.165) is 51.2 Å². The van der Waals surface area contributed by atoms with Crippen molar-refractivity contribution >= 4 is 45.3 Å². The van der Waals surface area contributed by atoms with Gasteiger partial charge in [-0.2, -0.15) is 0 Å². The van der Waals surface area contributed by atoms with E-state index >= 15 is 0 Å². The predicted octanol–water partition coefficient (Wildman–Crippen LogP) is 6.51. The van der Waals surface area contributed by atoms with E-state index in [0.29, 0.717) is 25.6 Å². The van der Waals surface area contributed by atoms with Gasteiger partial charge in [-0.3, -0.25) is 0 Å². The second kappa shape index (κ2) is 17.3. The van der Waals surface area contributed by atoms with Gasteiger partial charge in [0.05, 0.1) is 44.3 Å². The van der Waals surface area contributed by atoms with Crippen LogP contribution in [0.15, 0.2) is 85.5 Å². The SMILES string of the molecule is CO.COC(=O)c1cc2c(CCl)cn(Cc3ccc(F)cc3)c2cn1.COCc1cn(Cc2ccc(F)cc2)c2cnc(C(=O)OC)cc12. The van der Waals surface area contributed by atoms with Gasteiger partial charge in [0.1, 0.15) is 23.0 Å². The van der Waals surface area contributed by atoms with E-state index in [1.807, 2.05) is 21.5 Å². The number of ether oxygens (including phenoxy) is 3. The molecular formula is C36H35ClF2N4O6. The molecule has 49 heavy (non-hydrogen) atoms. The largest absolute Gasteiger partial charge is 0.464 e. The van der Waals surface area contributed by atoms with Crippen LogP contribution in [0.3, 0.4) is 0 Å². The molecule has 256 valence electrons. The Hall–Kier alpha value is -5.17. The van der Waals surface area contributed by atoms with Crippen molar-refractivity contribution in [3.63, 3.8) is 0 Å². The first-order valence-electron chi connectivity index (χ1n) is 14.8. The number of esters is 2. The van der Waals surface area contributed by atoms with Gasteiger partial charge in [-0.1, -0.05) is 24.3 Å². The molecule has 0 amide bonds. The average Bonchev–Trinajstić information content (AvgIpc) is 3.66. The molecule has 0 atom stereocenters. The fraction of sp³-hybridized carbons (Fsp3) is 0.222. The number of hydrogen-bond acceptors (Lipinski definition) is 8. The zero-order chi connectivity index (χ0) is 35.5. The molecule has 0 saturated carbocycles. The molecule has 6 aromatic rings. The summed E-state index contributed by atoms with van der Waals surface area (Å²) in [4.78, 5) is 31.6. The number of carbonyl (C=O) groups is 2. The maximum atomic E-state index is 13.1. The number of methoxy groups -OCH3 is 3. The third-order valence-corrected chi connectivity index (χ3v) is 7.75. The predicted molar refractivity (Wildman–Crippen MR) is 182 cm³/mol. The van der Waals surface area contributed by atoms with Crippen LogP contribution in [0.25, 0.3) is 21.8 Å². The maximum Gasteiger partial charge on any atom is 0.356 e. The van der Waals surface area contributed by atoms with Crippen molar-refractivity contribution in [3.8, 4) is 0 Å². The lowest BCUT2D eigenvalue weighted by Gasteiger charge is -2.06. The Labute approximate surface area is 286 Å². The summed E-state index contributed by atoms with van der Waals surface area (Å²) in [5.41, 5.74) is 6.00. The lowest BCUT2D eigenvalue weighted by Crippen LogP contribution is -2.04. The number of rotatable bonds is 9. The Bertz CT molecular complexity index is 2030. The van der Waals surface area contributed by atoms with Gasteiger partial charge in [0, 0.05) is 61.9 Å². The summed E-state index contributed by atoms with van der Waals surface area (Å²) in [6.07, 6.45) is 7.15. The molecule has 10 nitrogen and oxygen atoms in total. The monoisotopic (exact) mass is 692 g/mol. The number of aliphatic hydroxyl groups is 1. The Balaban J connectivity index is 0.000000210. The molecule has 0 aliphatic rings. The van der Waals surface area contributed by atoms with Crippen LogP contribution in [0.4, 0.5) is 8.78 Å². The molecular weight excluding hydrogens is 658 g/mol. The summed E-state index contributed by atoms with van der Waals surface area (Å²) < 4.78 is 44.7. The van der Waals surface area contributed by atoms with Crippen molar-refractivity contribution in [3.05, 3.63) is 131 Å². The Morgan fingerprint density at radius 3 is 1.51 bits per heavy atom. The van der Waals surface area contributed by atoms with Crippen molar-refractivity contribution in [1.82, 2.24) is 19.1 Å². The second-order valence-electron chi connectivity index (χ2n) is 10.5. The van der Waals surface area contributed by atoms with E-state index in [4.69, 9.17) is 30.9 Å². The topological polar surface area (TPSA) is 118 Å². The van der Waals surface area contributed by atoms with Crippen LogP contribution >= 0.6 is 11.6 Å². The van der Waals surface area contributed by atoms with Gasteiger partial charge >= 0.3 is 11.9 Å². The highest BCUT2D eigenvalue weighted by atomic mass is 35.5. The summed E-state index contributed by atoms with van der Waals surface area (Å²) in [6.45, 7) is 1.55. The highest BCUT2D eigenvalue weighted by molar-refractivity contribution is 6.18. The minimum Gasteiger partial charge on any atom is -0.464 e. The van der Waals surface area contributed by atoms with Gasteiger partial charge in [0.15, 0.2) is 0 Å². The van der Waals surface area contributed by atoms with Crippen molar-refractivity contribution in [2.24, 2.45) is 0 Å². The van der Waals surface area contributed by atoms with E-state index in [1.54, 1.807) is 55.9 Å². The molecule has 0 aliphatic heterocycles. The van der Waals surface area contributed by atoms with Crippen molar-refractivity contribution in [1.29, 1.82) is 0 Å². The first kappa shape index (κ1) is 36.7. The number of halogens is 3.